The normalized spacial score (nSPS) is 22.5. The van der Waals surface area contributed by atoms with Crippen molar-refractivity contribution in [2.45, 2.75) is 31.6 Å². The molecule has 31 heavy (non-hydrogen) atoms. The van der Waals surface area contributed by atoms with E-state index in [2.05, 4.69) is 14.9 Å². The second-order valence-electron chi connectivity index (χ2n) is 8.08. The maximum absolute atomic E-state index is 13.5. The molecule has 0 N–H and O–H groups in total. The molecular formula is C23H23F3N4O. The summed E-state index contributed by atoms with van der Waals surface area (Å²) in [5, 5.41) is 0. The van der Waals surface area contributed by atoms with Crippen LogP contribution in [0.15, 0.2) is 60.5 Å². The van der Waals surface area contributed by atoms with Crippen LogP contribution in [0.3, 0.4) is 0 Å². The van der Waals surface area contributed by atoms with Crippen LogP contribution in [0.4, 0.5) is 13.2 Å². The zero-order valence-corrected chi connectivity index (χ0v) is 17.4. The average molecular weight is 428 g/mol. The van der Waals surface area contributed by atoms with E-state index in [0.29, 0.717) is 43.0 Å². The highest BCUT2D eigenvalue weighted by Crippen LogP contribution is 2.39. The van der Waals surface area contributed by atoms with Gasteiger partial charge in [0, 0.05) is 31.1 Å². The zero-order valence-electron chi connectivity index (χ0n) is 17.4. The molecule has 0 radical (unpaired) electrons. The molecule has 1 atom stereocenters. The Morgan fingerprint density at radius 3 is 2.42 bits per heavy atom. The van der Waals surface area contributed by atoms with Crippen molar-refractivity contribution in [3.63, 3.8) is 0 Å². The van der Waals surface area contributed by atoms with E-state index < -0.39 is 17.3 Å². The van der Waals surface area contributed by atoms with Gasteiger partial charge in [-0.15, -0.1) is 0 Å². The van der Waals surface area contributed by atoms with Crippen molar-refractivity contribution in [3.05, 3.63) is 77.4 Å². The number of benzene rings is 1. The Kier molecular flexibility index (Phi) is 5.43. The Bertz CT molecular complexity index is 1030. The van der Waals surface area contributed by atoms with E-state index in [1.165, 1.54) is 12.1 Å². The van der Waals surface area contributed by atoms with Crippen molar-refractivity contribution < 1.29 is 18.0 Å². The molecule has 1 aromatic heterocycles. The van der Waals surface area contributed by atoms with Crippen molar-refractivity contribution in [2.24, 2.45) is 0 Å². The fraction of sp³-hybridized carbons (Fsp3) is 0.348. The molecular weight excluding hydrogens is 405 g/mol. The molecule has 2 aromatic rings. The van der Waals surface area contributed by atoms with Gasteiger partial charge in [0.2, 0.25) is 0 Å². The Hall–Kier alpha value is -3.00. The number of fused-ring (bicyclic) bond motifs is 1. The number of halogens is 3. The number of rotatable bonds is 3. The lowest BCUT2D eigenvalue weighted by Gasteiger charge is -2.39. The third-order valence-corrected chi connectivity index (χ3v) is 6.16. The van der Waals surface area contributed by atoms with Crippen LogP contribution in [0.25, 0.3) is 5.57 Å². The predicted octanol–water partition coefficient (Wildman–Crippen LogP) is 3.94. The molecule has 1 saturated heterocycles. The van der Waals surface area contributed by atoms with E-state index in [1.54, 1.807) is 23.4 Å². The summed E-state index contributed by atoms with van der Waals surface area (Å²) in [5.41, 5.74) is 0.852. The average Bonchev–Trinajstić information content (AvgIpc) is 2.84. The van der Waals surface area contributed by atoms with Gasteiger partial charge in [0.05, 0.1) is 17.6 Å². The molecule has 2 heterocycles. The first-order chi connectivity index (χ1) is 14.7. The summed E-state index contributed by atoms with van der Waals surface area (Å²) < 4.78 is 38.7. The molecule has 1 amide bonds. The molecule has 1 unspecified atom stereocenters. The largest absolute Gasteiger partial charge is 0.416 e. The summed E-state index contributed by atoms with van der Waals surface area (Å²) in [6.07, 6.45) is 3.31. The molecule has 2 aliphatic rings. The van der Waals surface area contributed by atoms with Gasteiger partial charge in [-0.1, -0.05) is 18.2 Å². The van der Waals surface area contributed by atoms with Crippen molar-refractivity contribution in [2.75, 3.05) is 20.1 Å². The Balaban J connectivity index is 1.66. The molecule has 0 saturated carbocycles. The van der Waals surface area contributed by atoms with Crippen molar-refractivity contribution in [1.29, 1.82) is 0 Å². The summed E-state index contributed by atoms with van der Waals surface area (Å²) >= 11 is 0. The van der Waals surface area contributed by atoms with Crippen LogP contribution in [0, 0.1) is 0 Å². The lowest BCUT2D eigenvalue weighted by molar-refractivity contribution is -0.137. The second-order valence-corrected chi connectivity index (χ2v) is 8.08. The first-order valence-corrected chi connectivity index (χ1v) is 10.0. The zero-order chi connectivity index (χ0) is 22.2. The third kappa shape index (κ3) is 4.12. The van der Waals surface area contributed by atoms with Gasteiger partial charge in [0.15, 0.2) is 0 Å². The van der Waals surface area contributed by atoms with Crippen molar-refractivity contribution in [3.8, 4) is 0 Å². The second kappa shape index (κ2) is 7.92. The van der Waals surface area contributed by atoms with E-state index in [0.717, 1.165) is 17.7 Å². The number of hydrogen-bond donors (Lipinski definition) is 0. The van der Waals surface area contributed by atoms with E-state index in [-0.39, 0.29) is 5.91 Å². The number of allylic oxidation sites excluding steroid dienone is 2. The summed E-state index contributed by atoms with van der Waals surface area (Å²) in [6.45, 7) is 3.56. The van der Waals surface area contributed by atoms with Crippen LogP contribution in [0.1, 0.15) is 30.3 Å². The number of likely N-dealkylation sites (N-methyl/N-ethyl adjacent to an activating group) is 1. The maximum Gasteiger partial charge on any atom is 0.416 e. The van der Waals surface area contributed by atoms with Gasteiger partial charge in [-0.05, 0) is 55.8 Å². The highest BCUT2D eigenvalue weighted by atomic mass is 19.4. The monoisotopic (exact) mass is 428 g/mol. The topological polar surface area (TPSA) is 49.3 Å². The quantitative estimate of drug-likeness (QED) is 0.743. The van der Waals surface area contributed by atoms with Crippen LogP contribution >= 0.6 is 0 Å². The molecule has 8 heteroatoms. The van der Waals surface area contributed by atoms with Crippen molar-refractivity contribution >= 4 is 11.5 Å². The summed E-state index contributed by atoms with van der Waals surface area (Å²) in [6, 6.07) is 6.78. The molecule has 4 rings (SSSR count). The van der Waals surface area contributed by atoms with E-state index in [4.69, 9.17) is 0 Å². The van der Waals surface area contributed by atoms with E-state index in [9.17, 15) is 18.0 Å². The van der Waals surface area contributed by atoms with Gasteiger partial charge in [-0.25, -0.2) is 9.97 Å². The molecule has 5 nitrogen and oxygen atoms in total. The maximum atomic E-state index is 13.5. The van der Waals surface area contributed by atoms with Crippen molar-refractivity contribution in [1.82, 2.24) is 19.8 Å². The van der Waals surface area contributed by atoms with Gasteiger partial charge in [0.1, 0.15) is 5.82 Å². The number of alkyl halides is 3. The summed E-state index contributed by atoms with van der Waals surface area (Å²) in [4.78, 5) is 25.8. The highest BCUT2D eigenvalue weighted by Gasteiger charge is 2.42. The van der Waals surface area contributed by atoms with Gasteiger partial charge < -0.3 is 4.90 Å². The number of carbonyl (C=O) groups excluding carboxylic acids is 1. The molecule has 0 bridgehead atoms. The van der Waals surface area contributed by atoms with E-state index >= 15 is 0 Å². The van der Waals surface area contributed by atoms with Gasteiger partial charge in [-0.2, -0.15) is 13.2 Å². The molecule has 0 spiro atoms. The van der Waals surface area contributed by atoms with Crippen LogP contribution in [0.5, 0.6) is 0 Å². The number of hydrogen-bond acceptors (Lipinski definition) is 4. The fourth-order valence-electron chi connectivity index (χ4n) is 4.02. The van der Waals surface area contributed by atoms with Gasteiger partial charge in [-0.3, -0.25) is 9.69 Å². The fourth-order valence-corrected chi connectivity index (χ4v) is 4.02. The molecule has 1 aliphatic carbocycles. The Morgan fingerprint density at radius 2 is 1.77 bits per heavy atom. The lowest BCUT2D eigenvalue weighted by atomic mass is 9.79. The number of amides is 1. The first kappa shape index (κ1) is 21.2. The first-order valence-electron chi connectivity index (χ1n) is 10.0. The number of nitrogens with zero attached hydrogens (tertiary/aromatic N) is 4. The SMILES string of the molecule is CN1CCN(Cc2ncccn2)C(=O)C2=CC(c3ccc(C(F)(F)F)cc3)=CCC21C. The molecule has 1 fully saturated rings. The smallest absolute Gasteiger partial charge is 0.330 e. The minimum atomic E-state index is -4.38. The van der Waals surface area contributed by atoms with E-state index in [1.807, 2.05) is 26.1 Å². The highest BCUT2D eigenvalue weighted by molar-refractivity contribution is 6.00. The lowest BCUT2D eigenvalue weighted by Crippen LogP contribution is -2.47. The minimum absolute atomic E-state index is 0.100. The van der Waals surface area contributed by atoms with Crippen LogP contribution < -0.4 is 0 Å². The van der Waals surface area contributed by atoms with Gasteiger partial charge >= 0.3 is 6.18 Å². The van der Waals surface area contributed by atoms with Crippen LogP contribution in [0.2, 0.25) is 0 Å². The minimum Gasteiger partial charge on any atom is -0.330 e. The summed E-state index contributed by atoms with van der Waals surface area (Å²) in [7, 11) is 1.99. The summed E-state index contributed by atoms with van der Waals surface area (Å²) in [5.74, 6) is 0.467. The van der Waals surface area contributed by atoms with Crippen LogP contribution in [-0.2, 0) is 17.5 Å². The van der Waals surface area contributed by atoms with Crippen LogP contribution in [-0.4, -0.2) is 51.4 Å². The standard InChI is InChI=1S/C23H23F3N4O/c1-22-9-8-17(16-4-6-18(7-5-16)23(24,25)26)14-19(22)21(31)30(13-12-29(22)2)15-20-27-10-3-11-28-20/h3-8,10-11,14H,9,12-13,15H2,1-2H3. The number of aromatic nitrogens is 2. The molecule has 1 aliphatic heterocycles. The molecule has 1 aromatic carbocycles. The van der Waals surface area contributed by atoms with Gasteiger partial charge in [0.25, 0.3) is 5.91 Å². The Morgan fingerprint density at radius 1 is 1.10 bits per heavy atom. The number of carbonyl (C=O) groups is 1. The third-order valence-electron chi connectivity index (χ3n) is 6.16. The Labute approximate surface area is 178 Å². The predicted molar refractivity (Wildman–Crippen MR) is 111 cm³/mol. The molecule has 162 valence electrons.